The molecule has 0 fully saturated rings. The first-order valence-corrected chi connectivity index (χ1v) is 5.11. The predicted octanol–water partition coefficient (Wildman–Crippen LogP) is 1.98. The largest absolute Gasteiger partial charge is 0.382 e. The van der Waals surface area contributed by atoms with E-state index in [0.717, 1.165) is 5.69 Å². The van der Waals surface area contributed by atoms with Crippen LogP contribution in [0.25, 0.3) is 0 Å². The Morgan fingerprint density at radius 3 is 2.67 bits per heavy atom. The van der Waals surface area contributed by atoms with E-state index in [0.29, 0.717) is 6.42 Å². The molecular formula is C12H18N2O. The third kappa shape index (κ3) is 3.62. The van der Waals surface area contributed by atoms with Gasteiger partial charge in [0.05, 0.1) is 0 Å². The van der Waals surface area contributed by atoms with Gasteiger partial charge in [0, 0.05) is 18.2 Å². The van der Waals surface area contributed by atoms with Gasteiger partial charge in [-0.3, -0.25) is 4.79 Å². The minimum atomic E-state index is -0.278. The molecule has 3 N–H and O–H groups in total. The van der Waals surface area contributed by atoms with E-state index in [4.69, 9.17) is 5.73 Å². The third-order valence-electron chi connectivity index (χ3n) is 2.29. The Morgan fingerprint density at radius 2 is 2.13 bits per heavy atom. The van der Waals surface area contributed by atoms with Crippen molar-refractivity contribution in [3.8, 4) is 0 Å². The lowest BCUT2D eigenvalue weighted by Crippen LogP contribution is -2.24. The lowest BCUT2D eigenvalue weighted by Gasteiger charge is -2.15. The zero-order chi connectivity index (χ0) is 11.4. The molecule has 3 heteroatoms. The molecule has 1 aromatic rings. The second-order valence-corrected chi connectivity index (χ2v) is 4.03. The highest BCUT2D eigenvalue weighted by molar-refractivity contribution is 5.75. The molecule has 1 rings (SSSR count). The molecule has 0 aromatic heterocycles. The SMILES string of the molecule is Cc1ccc(NC(C)CC(N)=O)c(C)c1. The van der Waals surface area contributed by atoms with Gasteiger partial charge in [-0.05, 0) is 32.4 Å². The van der Waals surface area contributed by atoms with Crippen LogP contribution in [0.3, 0.4) is 0 Å². The van der Waals surface area contributed by atoms with Gasteiger partial charge in [0.2, 0.25) is 5.91 Å². The van der Waals surface area contributed by atoms with Crippen LogP contribution in [0.2, 0.25) is 0 Å². The van der Waals surface area contributed by atoms with Crippen LogP contribution >= 0.6 is 0 Å². The summed E-state index contributed by atoms with van der Waals surface area (Å²) in [5.74, 6) is -0.278. The number of anilines is 1. The number of rotatable bonds is 4. The first kappa shape index (κ1) is 11.6. The van der Waals surface area contributed by atoms with Crippen LogP contribution in [0.5, 0.6) is 0 Å². The predicted molar refractivity (Wildman–Crippen MR) is 62.8 cm³/mol. The van der Waals surface area contributed by atoms with Crippen LogP contribution in [-0.2, 0) is 4.79 Å². The number of benzene rings is 1. The van der Waals surface area contributed by atoms with Gasteiger partial charge in [-0.1, -0.05) is 17.7 Å². The van der Waals surface area contributed by atoms with Crippen LogP contribution in [0.1, 0.15) is 24.5 Å². The molecule has 82 valence electrons. The quantitative estimate of drug-likeness (QED) is 0.791. The van der Waals surface area contributed by atoms with E-state index >= 15 is 0 Å². The maximum Gasteiger partial charge on any atom is 0.219 e. The molecule has 1 unspecified atom stereocenters. The Kier molecular flexibility index (Phi) is 3.72. The third-order valence-corrected chi connectivity index (χ3v) is 2.29. The number of carbonyl (C=O) groups is 1. The lowest BCUT2D eigenvalue weighted by atomic mass is 10.1. The fourth-order valence-corrected chi connectivity index (χ4v) is 1.59. The van der Waals surface area contributed by atoms with E-state index in [-0.39, 0.29) is 11.9 Å². The fourth-order valence-electron chi connectivity index (χ4n) is 1.59. The monoisotopic (exact) mass is 206 g/mol. The second kappa shape index (κ2) is 4.82. The van der Waals surface area contributed by atoms with Crippen molar-refractivity contribution < 1.29 is 4.79 Å². The summed E-state index contributed by atoms with van der Waals surface area (Å²) in [6.07, 6.45) is 0.354. The number of amides is 1. The summed E-state index contributed by atoms with van der Waals surface area (Å²) in [6.45, 7) is 6.06. The molecule has 0 saturated carbocycles. The first-order chi connectivity index (χ1) is 6.99. The van der Waals surface area contributed by atoms with Crippen molar-refractivity contribution in [2.75, 3.05) is 5.32 Å². The molecule has 0 bridgehead atoms. The average Bonchev–Trinajstić information content (AvgIpc) is 2.08. The van der Waals surface area contributed by atoms with Gasteiger partial charge in [0.15, 0.2) is 0 Å². The molecule has 0 aliphatic rings. The normalized spacial score (nSPS) is 12.2. The molecule has 3 nitrogen and oxygen atoms in total. The number of primary amides is 1. The van der Waals surface area contributed by atoms with Crippen molar-refractivity contribution in [3.63, 3.8) is 0 Å². The van der Waals surface area contributed by atoms with E-state index in [1.165, 1.54) is 11.1 Å². The van der Waals surface area contributed by atoms with Crippen LogP contribution in [-0.4, -0.2) is 11.9 Å². The van der Waals surface area contributed by atoms with Crippen LogP contribution in [0, 0.1) is 13.8 Å². The standard InChI is InChI=1S/C12H18N2O/c1-8-4-5-11(9(2)6-8)14-10(3)7-12(13)15/h4-6,10,14H,7H2,1-3H3,(H2,13,15). The van der Waals surface area contributed by atoms with Gasteiger partial charge in [-0.15, -0.1) is 0 Å². The van der Waals surface area contributed by atoms with Crippen molar-refractivity contribution >= 4 is 11.6 Å². The van der Waals surface area contributed by atoms with Gasteiger partial charge >= 0.3 is 0 Å². The summed E-state index contributed by atoms with van der Waals surface area (Å²) in [5, 5.41) is 3.27. The number of hydrogen-bond acceptors (Lipinski definition) is 2. The van der Waals surface area contributed by atoms with Crippen LogP contribution < -0.4 is 11.1 Å². The lowest BCUT2D eigenvalue weighted by molar-refractivity contribution is -0.118. The highest BCUT2D eigenvalue weighted by atomic mass is 16.1. The summed E-state index contributed by atoms with van der Waals surface area (Å²) in [6, 6.07) is 6.26. The molecule has 0 heterocycles. The summed E-state index contributed by atoms with van der Waals surface area (Å²) >= 11 is 0. The zero-order valence-corrected chi connectivity index (χ0v) is 9.50. The minimum Gasteiger partial charge on any atom is -0.382 e. The zero-order valence-electron chi connectivity index (χ0n) is 9.50. The summed E-state index contributed by atoms with van der Waals surface area (Å²) < 4.78 is 0. The van der Waals surface area contributed by atoms with Crippen molar-refractivity contribution in [2.24, 2.45) is 5.73 Å². The van der Waals surface area contributed by atoms with E-state index < -0.39 is 0 Å². The molecule has 1 aromatic carbocycles. The van der Waals surface area contributed by atoms with Gasteiger partial charge in [0.25, 0.3) is 0 Å². The van der Waals surface area contributed by atoms with Crippen molar-refractivity contribution in [1.82, 2.24) is 0 Å². The van der Waals surface area contributed by atoms with Crippen molar-refractivity contribution in [1.29, 1.82) is 0 Å². The average molecular weight is 206 g/mol. The maximum absolute atomic E-state index is 10.7. The van der Waals surface area contributed by atoms with E-state index in [1.54, 1.807) is 0 Å². The van der Waals surface area contributed by atoms with Gasteiger partial charge in [0.1, 0.15) is 0 Å². The van der Waals surface area contributed by atoms with Gasteiger partial charge in [-0.25, -0.2) is 0 Å². The molecule has 0 radical (unpaired) electrons. The Hall–Kier alpha value is -1.51. The number of nitrogens with two attached hydrogens (primary N) is 1. The number of carbonyl (C=O) groups excluding carboxylic acids is 1. The number of aryl methyl sites for hydroxylation is 2. The maximum atomic E-state index is 10.7. The topological polar surface area (TPSA) is 55.1 Å². The van der Waals surface area contributed by atoms with Crippen molar-refractivity contribution in [2.45, 2.75) is 33.2 Å². The summed E-state index contributed by atoms with van der Waals surface area (Å²) in [5.41, 5.74) is 8.62. The van der Waals surface area contributed by atoms with Gasteiger partial charge in [-0.2, -0.15) is 0 Å². The minimum absolute atomic E-state index is 0.0731. The highest BCUT2D eigenvalue weighted by Gasteiger charge is 2.06. The van der Waals surface area contributed by atoms with E-state index in [2.05, 4.69) is 18.3 Å². The Balaban J connectivity index is 2.68. The van der Waals surface area contributed by atoms with Crippen LogP contribution in [0.15, 0.2) is 18.2 Å². The second-order valence-electron chi connectivity index (χ2n) is 4.03. The number of nitrogens with one attached hydrogen (secondary N) is 1. The fraction of sp³-hybridized carbons (Fsp3) is 0.417. The molecule has 0 saturated heterocycles. The molecule has 0 spiro atoms. The Labute approximate surface area is 90.7 Å². The molecule has 0 aliphatic carbocycles. The summed E-state index contributed by atoms with van der Waals surface area (Å²) in [4.78, 5) is 10.7. The Morgan fingerprint density at radius 1 is 1.47 bits per heavy atom. The molecular weight excluding hydrogens is 188 g/mol. The van der Waals surface area contributed by atoms with Crippen LogP contribution in [0.4, 0.5) is 5.69 Å². The molecule has 1 amide bonds. The van der Waals surface area contributed by atoms with Gasteiger partial charge < -0.3 is 11.1 Å². The highest BCUT2D eigenvalue weighted by Crippen LogP contribution is 2.17. The van der Waals surface area contributed by atoms with E-state index in [1.807, 2.05) is 26.0 Å². The van der Waals surface area contributed by atoms with E-state index in [9.17, 15) is 4.79 Å². The number of hydrogen-bond donors (Lipinski definition) is 2. The molecule has 1 atom stereocenters. The molecule has 0 aliphatic heterocycles. The van der Waals surface area contributed by atoms with Crippen molar-refractivity contribution in [3.05, 3.63) is 29.3 Å². The Bertz CT molecular complexity index is 361. The molecule has 15 heavy (non-hydrogen) atoms. The first-order valence-electron chi connectivity index (χ1n) is 5.11. The smallest absolute Gasteiger partial charge is 0.219 e. The summed E-state index contributed by atoms with van der Waals surface area (Å²) in [7, 11) is 0.